The molecular formula is C19H22N2O3. The molecule has 1 aliphatic heterocycles. The number of benzene rings is 2. The van der Waals surface area contributed by atoms with Gasteiger partial charge in [-0.3, -0.25) is 0 Å². The van der Waals surface area contributed by atoms with Crippen LogP contribution in [-0.2, 0) is 4.74 Å². The van der Waals surface area contributed by atoms with E-state index in [2.05, 4.69) is 4.90 Å². The normalized spacial score (nSPS) is 15.1. The molecule has 0 aromatic heterocycles. The van der Waals surface area contributed by atoms with Crippen molar-refractivity contribution in [1.82, 2.24) is 0 Å². The SMILES string of the molecule is COC(=O)c1cc(N2CCC(Oc3ccccc3)CC2)ccc1N. The zero-order valence-corrected chi connectivity index (χ0v) is 13.8. The number of methoxy groups -OCH3 is 1. The molecule has 5 heteroatoms. The fraction of sp³-hybridized carbons (Fsp3) is 0.316. The van der Waals surface area contributed by atoms with Gasteiger partial charge in [-0.2, -0.15) is 0 Å². The van der Waals surface area contributed by atoms with Gasteiger partial charge in [0.2, 0.25) is 0 Å². The number of hydrogen-bond acceptors (Lipinski definition) is 5. The number of ether oxygens (including phenoxy) is 2. The third-order valence-corrected chi connectivity index (χ3v) is 4.30. The minimum absolute atomic E-state index is 0.220. The zero-order valence-electron chi connectivity index (χ0n) is 13.8. The lowest BCUT2D eigenvalue weighted by Gasteiger charge is -2.34. The topological polar surface area (TPSA) is 64.8 Å². The van der Waals surface area contributed by atoms with Gasteiger partial charge in [-0.1, -0.05) is 18.2 Å². The van der Waals surface area contributed by atoms with Crippen molar-refractivity contribution < 1.29 is 14.3 Å². The summed E-state index contributed by atoms with van der Waals surface area (Å²) in [6, 6.07) is 15.4. The van der Waals surface area contributed by atoms with Crippen LogP contribution < -0.4 is 15.4 Å². The molecular weight excluding hydrogens is 304 g/mol. The lowest BCUT2D eigenvalue weighted by atomic mass is 10.1. The van der Waals surface area contributed by atoms with Crippen LogP contribution in [-0.4, -0.2) is 32.3 Å². The van der Waals surface area contributed by atoms with Gasteiger partial charge in [-0.25, -0.2) is 4.79 Å². The summed E-state index contributed by atoms with van der Waals surface area (Å²) in [5, 5.41) is 0. The number of hydrogen-bond donors (Lipinski definition) is 1. The second kappa shape index (κ2) is 7.25. The van der Waals surface area contributed by atoms with Crippen LogP contribution in [0.1, 0.15) is 23.2 Å². The van der Waals surface area contributed by atoms with E-state index in [1.807, 2.05) is 36.4 Å². The van der Waals surface area contributed by atoms with Crippen LogP contribution in [0.5, 0.6) is 5.75 Å². The molecule has 0 saturated carbocycles. The summed E-state index contributed by atoms with van der Waals surface area (Å²) in [4.78, 5) is 14.0. The molecule has 0 unspecified atom stereocenters. The molecule has 1 heterocycles. The molecule has 0 atom stereocenters. The number of carbonyl (C=O) groups is 1. The third-order valence-electron chi connectivity index (χ3n) is 4.30. The predicted octanol–water partition coefficient (Wildman–Crippen LogP) is 3.10. The fourth-order valence-electron chi connectivity index (χ4n) is 2.95. The molecule has 2 aromatic rings. The third kappa shape index (κ3) is 3.62. The monoisotopic (exact) mass is 326 g/mol. The quantitative estimate of drug-likeness (QED) is 0.691. The molecule has 0 radical (unpaired) electrons. The highest BCUT2D eigenvalue weighted by molar-refractivity contribution is 5.96. The van der Waals surface area contributed by atoms with E-state index in [0.717, 1.165) is 37.4 Å². The molecule has 1 saturated heterocycles. The van der Waals surface area contributed by atoms with Crippen LogP contribution in [0.25, 0.3) is 0 Å². The van der Waals surface area contributed by atoms with Gasteiger partial charge in [0.05, 0.1) is 12.7 Å². The summed E-state index contributed by atoms with van der Waals surface area (Å²) in [5.74, 6) is 0.507. The number of para-hydroxylation sites is 1. The minimum Gasteiger partial charge on any atom is -0.490 e. The number of piperidine rings is 1. The number of esters is 1. The Morgan fingerprint density at radius 2 is 1.83 bits per heavy atom. The molecule has 0 spiro atoms. The molecule has 2 N–H and O–H groups in total. The number of nitrogens with zero attached hydrogens (tertiary/aromatic N) is 1. The van der Waals surface area contributed by atoms with Crippen molar-refractivity contribution >= 4 is 17.3 Å². The Morgan fingerprint density at radius 1 is 1.12 bits per heavy atom. The summed E-state index contributed by atoms with van der Waals surface area (Å²) in [7, 11) is 1.36. The Labute approximate surface area is 142 Å². The molecule has 5 nitrogen and oxygen atoms in total. The maximum absolute atomic E-state index is 11.8. The first-order chi connectivity index (χ1) is 11.7. The van der Waals surface area contributed by atoms with E-state index >= 15 is 0 Å². The van der Waals surface area contributed by atoms with E-state index in [-0.39, 0.29) is 6.10 Å². The second-order valence-electron chi connectivity index (χ2n) is 5.88. The Morgan fingerprint density at radius 3 is 2.50 bits per heavy atom. The van der Waals surface area contributed by atoms with E-state index in [1.165, 1.54) is 7.11 Å². The van der Waals surface area contributed by atoms with Crippen LogP contribution in [0.15, 0.2) is 48.5 Å². The first-order valence-electron chi connectivity index (χ1n) is 8.12. The summed E-state index contributed by atoms with van der Waals surface area (Å²) in [6.07, 6.45) is 2.09. The Hall–Kier alpha value is -2.69. The summed E-state index contributed by atoms with van der Waals surface area (Å²) in [6.45, 7) is 1.75. The standard InChI is InChI=1S/C19H22N2O3/c1-23-19(22)17-13-14(7-8-18(17)20)21-11-9-16(10-12-21)24-15-5-3-2-4-6-15/h2-8,13,16H,9-12,20H2,1H3. The Kier molecular flexibility index (Phi) is 4.89. The van der Waals surface area contributed by atoms with Crippen molar-refractivity contribution in [2.24, 2.45) is 0 Å². The van der Waals surface area contributed by atoms with Gasteiger partial charge in [-0.15, -0.1) is 0 Å². The number of rotatable bonds is 4. The number of anilines is 2. The van der Waals surface area contributed by atoms with Crippen LogP contribution >= 0.6 is 0 Å². The maximum atomic E-state index is 11.8. The first kappa shape index (κ1) is 16.2. The predicted molar refractivity (Wildman–Crippen MR) is 94.5 cm³/mol. The Bertz CT molecular complexity index is 695. The summed E-state index contributed by atoms with van der Waals surface area (Å²) >= 11 is 0. The largest absolute Gasteiger partial charge is 0.490 e. The van der Waals surface area contributed by atoms with Gasteiger partial charge in [0, 0.05) is 37.3 Å². The van der Waals surface area contributed by atoms with E-state index in [9.17, 15) is 4.79 Å². The highest BCUT2D eigenvalue weighted by Crippen LogP contribution is 2.26. The van der Waals surface area contributed by atoms with Gasteiger partial charge >= 0.3 is 5.97 Å². The van der Waals surface area contributed by atoms with Gasteiger partial charge in [0.15, 0.2) is 0 Å². The summed E-state index contributed by atoms with van der Waals surface area (Å²) in [5.41, 5.74) is 7.71. The smallest absolute Gasteiger partial charge is 0.340 e. The lowest BCUT2D eigenvalue weighted by Crippen LogP contribution is -2.38. The van der Waals surface area contributed by atoms with Crippen molar-refractivity contribution in [2.45, 2.75) is 18.9 Å². The van der Waals surface area contributed by atoms with E-state index in [1.54, 1.807) is 12.1 Å². The van der Waals surface area contributed by atoms with E-state index in [4.69, 9.17) is 15.2 Å². The molecule has 1 aliphatic rings. The van der Waals surface area contributed by atoms with Gasteiger partial charge in [0.25, 0.3) is 0 Å². The van der Waals surface area contributed by atoms with Crippen molar-refractivity contribution in [3.05, 3.63) is 54.1 Å². The first-order valence-corrected chi connectivity index (χ1v) is 8.12. The minimum atomic E-state index is -0.406. The molecule has 126 valence electrons. The van der Waals surface area contributed by atoms with Crippen LogP contribution in [0.4, 0.5) is 11.4 Å². The zero-order chi connectivity index (χ0) is 16.9. The maximum Gasteiger partial charge on any atom is 0.340 e. The van der Waals surface area contributed by atoms with Crippen molar-refractivity contribution in [1.29, 1.82) is 0 Å². The molecule has 2 aromatic carbocycles. The van der Waals surface area contributed by atoms with Crippen molar-refractivity contribution in [3.8, 4) is 5.75 Å². The average molecular weight is 326 g/mol. The van der Waals surface area contributed by atoms with Gasteiger partial charge < -0.3 is 20.1 Å². The van der Waals surface area contributed by atoms with E-state index in [0.29, 0.717) is 11.3 Å². The average Bonchev–Trinajstić information content (AvgIpc) is 2.63. The molecule has 1 fully saturated rings. The van der Waals surface area contributed by atoms with Crippen molar-refractivity contribution in [2.75, 3.05) is 30.8 Å². The molecule has 0 aliphatic carbocycles. The number of carbonyl (C=O) groups excluding carboxylic acids is 1. The van der Waals surface area contributed by atoms with Gasteiger partial charge in [-0.05, 0) is 30.3 Å². The second-order valence-corrected chi connectivity index (χ2v) is 5.88. The van der Waals surface area contributed by atoms with Gasteiger partial charge in [0.1, 0.15) is 11.9 Å². The molecule has 24 heavy (non-hydrogen) atoms. The lowest BCUT2D eigenvalue weighted by molar-refractivity contribution is 0.0602. The van der Waals surface area contributed by atoms with E-state index < -0.39 is 5.97 Å². The van der Waals surface area contributed by atoms with Crippen LogP contribution in [0, 0.1) is 0 Å². The Balaban J connectivity index is 1.63. The molecule has 0 amide bonds. The fourth-order valence-corrected chi connectivity index (χ4v) is 2.95. The van der Waals surface area contributed by atoms with Crippen molar-refractivity contribution in [3.63, 3.8) is 0 Å². The van der Waals surface area contributed by atoms with Crippen LogP contribution in [0.3, 0.4) is 0 Å². The highest BCUT2D eigenvalue weighted by Gasteiger charge is 2.22. The van der Waals surface area contributed by atoms with Crippen LogP contribution in [0.2, 0.25) is 0 Å². The molecule has 3 rings (SSSR count). The highest BCUT2D eigenvalue weighted by atomic mass is 16.5. The number of nitrogens with two attached hydrogens (primary N) is 1. The summed E-state index contributed by atoms with van der Waals surface area (Å²) < 4.78 is 10.8. The number of nitrogen functional groups attached to an aromatic ring is 1. The molecule has 0 bridgehead atoms.